The Labute approximate surface area is 128 Å². The van der Waals surface area contributed by atoms with Gasteiger partial charge < -0.3 is 10.2 Å². The molecular formula is C16H29N5. The minimum atomic E-state index is 0.874. The van der Waals surface area contributed by atoms with Crippen LogP contribution in [0.3, 0.4) is 0 Å². The summed E-state index contributed by atoms with van der Waals surface area (Å²) in [6.45, 7) is 10.1. The Morgan fingerprint density at radius 1 is 1.00 bits per heavy atom. The fourth-order valence-electron chi connectivity index (χ4n) is 2.69. The van der Waals surface area contributed by atoms with Crippen LogP contribution < -0.4 is 10.2 Å². The third-order valence-corrected chi connectivity index (χ3v) is 3.96. The van der Waals surface area contributed by atoms with E-state index in [1.807, 2.05) is 18.5 Å². The van der Waals surface area contributed by atoms with E-state index in [4.69, 9.17) is 0 Å². The fourth-order valence-corrected chi connectivity index (χ4v) is 2.69. The molecule has 1 aliphatic heterocycles. The van der Waals surface area contributed by atoms with E-state index < -0.39 is 0 Å². The lowest BCUT2D eigenvalue weighted by atomic mass is 10.2. The molecule has 1 aromatic rings. The predicted molar refractivity (Wildman–Crippen MR) is 87.7 cm³/mol. The van der Waals surface area contributed by atoms with E-state index in [0.717, 1.165) is 38.7 Å². The SMILES string of the molecule is CCCNCCCCCN1CCN(c2ncccn2)CC1. The van der Waals surface area contributed by atoms with Crippen molar-refractivity contribution in [2.45, 2.75) is 32.6 Å². The van der Waals surface area contributed by atoms with E-state index in [2.05, 4.69) is 32.0 Å². The van der Waals surface area contributed by atoms with Gasteiger partial charge in [-0.15, -0.1) is 0 Å². The maximum absolute atomic E-state index is 4.33. The molecule has 21 heavy (non-hydrogen) atoms. The van der Waals surface area contributed by atoms with Crippen LogP contribution in [0.2, 0.25) is 0 Å². The Hall–Kier alpha value is -1.20. The van der Waals surface area contributed by atoms with Crippen molar-refractivity contribution in [3.8, 4) is 0 Å². The number of nitrogens with one attached hydrogen (secondary N) is 1. The molecule has 1 saturated heterocycles. The molecule has 0 unspecified atom stereocenters. The molecule has 2 heterocycles. The van der Waals surface area contributed by atoms with Gasteiger partial charge in [-0.05, 0) is 45.0 Å². The van der Waals surface area contributed by atoms with E-state index in [1.165, 1.54) is 38.8 Å². The Balaban J connectivity index is 1.53. The molecule has 1 aromatic heterocycles. The molecule has 0 spiro atoms. The first-order valence-corrected chi connectivity index (χ1v) is 8.35. The summed E-state index contributed by atoms with van der Waals surface area (Å²) in [5.41, 5.74) is 0. The molecule has 0 bridgehead atoms. The molecule has 0 radical (unpaired) electrons. The summed E-state index contributed by atoms with van der Waals surface area (Å²) in [7, 11) is 0. The first kappa shape index (κ1) is 16.2. The molecule has 0 saturated carbocycles. The predicted octanol–water partition coefficient (Wildman–Crippen LogP) is 1.77. The maximum atomic E-state index is 4.33. The van der Waals surface area contributed by atoms with Crippen LogP contribution >= 0.6 is 0 Å². The standard InChI is InChI=1S/C16H29N5/c1-2-7-17-8-4-3-5-11-20-12-14-21(15-13-20)16-18-9-6-10-19-16/h6,9-10,17H,2-5,7-8,11-15H2,1H3. The number of rotatable bonds is 9. The number of piperazine rings is 1. The molecule has 0 atom stereocenters. The Morgan fingerprint density at radius 2 is 1.76 bits per heavy atom. The summed E-state index contributed by atoms with van der Waals surface area (Å²) in [6, 6.07) is 1.87. The first-order chi connectivity index (χ1) is 10.4. The van der Waals surface area contributed by atoms with Gasteiger partial charge in [0.2, 0.25) is 5.95 Å². The maximum Gasteiger partial charge on any atom is 0.225 e. The molecule has 1 N–H and O–H groups in total. The van der Waals surface area contributed by atoms with Crippen molar-refractivity contribution >= 4 is 5.95 Å². The minimum absolute atomic E-state index is 0.874. The number of unbranched alkanes of at least 4 members (excludes halogenated alkanes) is 2. The molecule has 1 aliphatic rings. The number of hydrogen-bond acceptors (Lipinski definition) is 5. The summed E-state index contributed by atoms with van der Waals surface area (Å²) in [5, 5.41) is 3.46. The highest BCUT2D eigenvalue weighted by Gasteiger charge is 2.17. The van der Waals surface area contributed by atoms with Gasteiger partial charge in [-0.25, -0.2) is 9.97 Å². The monoisotopic (exact) mass is 291 g/mol. The zero-order chi connectivity index (χ0) is 14.8. The van der Waals surface area contributed by atoms with E-state index in [-0.39, 0.29) is 0 Å². The summed E-state index contributed by atoms with van der Waals surface area (Å²) in [4.78, 5) is 13.5. The zero-order valence-electron chi connectivity index (χ0n) is 13.3. The van der Waals surface area contributed by atoms with Crippen molar-refractivity contribution in [2.75, 3.05) is 50.7 Å². The molecule has 5 heteroatoms. The third kappa shape index (κ3) is 5.98. The van der Waals surface area contributed by atoms with Gasteiger partial charge in [0.1, 0.15) is 0 Å². The van der Waals surface area contributed by atoms with Crippen molar-refractivity contribution in [2.24, 2.45) is 0 Å². The van der Waals surface area contributed by atoms with Crippen molar-refractivity contribution in [1.29, 1.82) is 0 Å². The van der Waals surface area contributed by atoms with Gasteiger partial charge in [0, 0.05) is 38.6 Å². The Kier molecular flexibility index (Phi) is 7.46. The highest BCUT2D eigenvalue weighted by molar-refractivity contribution is 5.29. The molecule has 5 nitrogen and oxygen atoms in total. The summed E-state index contributed by atoms with van der Waals surface area (Å²) in [6.07, 6.45) is 8.82. The van der Waals surface area contributed by atoms with Crippen molar-refractivity contribution < 1.29 is 0 Å². The average Bonchev–Trinajstić information content (AvgIpc) is 2.55. The summed E-state index contributed by atoms with van der Waals surface area (Å²) < 4.78 is 0. The van der Waals surface area contributed by atoms with Crippen LogP contribution in [0.1, 0.15) is 32.6 Å². The van der Waals surface area contributed by atoms with Crippen LogP contribution in [-0.4, -0.2) is 60.7 Å². The van der Waals surface area contributed by atoms with Gasteiger partial charge in [-0.3, -0.25) is 4.90 Å². The van der Waals surface area contributed by atoms with Crippen LogP contribution in [0.15, 0.2) is 18.5 Å². The number of aromatic nitrogens is 2. The van der Waals surface area contributed by atoms with Gasteiger partial charge in [-0.2, -0.15) is 0 Å². The average molecular weight is 291 g/mol. The normalized spacial score (nSPS) is 16.3. The zero-order valence-corrected chi connectivity index (χ0v) is 13.3. The van der Waals surface area contributed by atoms with Gasteiger partial charge in [0.25, 0.3) is 0 Å². The van der Waals surface area contributed by atoms with Crippen LogP contribution in [0, 0.1) is 0 Å². The largest absolute Gasteiger partial charge is 0.338 e. The van der Waals surface area contributed by atoms with Gasteiger partial charge in [0.05, 0.1) is 0 Å². The van der Waals surface area contributed by atoms with Crippen molar-refractivity contribution in [3.05, 3.63) is 18.5 Å². The second-order valence-corrected chi connectivity index (χ2v) is 5.69. The van der Waals surface area contributed by atoms with Crippen LogP contribution in [0.4, 0.5) is 5.95 Å². The number of hydrogen-bond donors (Lipinski definition) is 1. The molecule has 118 valence electrons. The van der Waals surface area contributed by atoms with E-state index >= 15 is 0 Å². The Morgan fingerprint density at radius 3 is 2.48 bits per heavy atom. The minimum Gasteiger partial charge on any atom is -0.338 e. The van der Waals surface area contributed by atoms with Gasteiger partial charge in [-0.1, -0.05) is 13.3 Å². The molecule has 0 amide bonds. The lowest BCUT2D eigenvalue weighted by Gasteiger charge is -2.34. The number of nitrogens with zero attached hydrogens (tertiary/aromatic N) is 4. The van der Waals surface area contributed by atoms with Gasteiger partial charge in [0.15, 0.2) is 0 Å². The Bertz CT molecular complexity index is 362. The van der Waals surface area contributed by atoms with Crippen LogP contribution in [0.25, 0.3) is 0 Å². The van der Waals surface area contributed by atoms with E-state index in [0.29, 0.717) is 0 Å². The molecule has 2 rings (SSSR count). The van der Waals surface area contributed by atoms with Gasteiger partial charge >= 0.3 is 0 Å². The number of anilines is 1. The third-order valence-electron chi connectivity index (χ3n) is 3.96. The topological polar surface area (TPSA) is 44.3 Å². The van der Waals surface area contributed by atoms with Crippen molar-refractivity contribution in [3.63, 3.8) is 0 Å². The summed E-state index contributed by atoms with van der Waals surface area (Å²) in [5.74, 6) is 0.874. The van der Waals surface area contributed by atoms with Crippen LogP contribution in [0.5, 0.6) is 0 Å². The van der Waals surface area contributed by atoms with E-state index in [9.17, 15) is 0 Å². The lowest BCUT2D eigenvalue weighted by Crippen LogP contribution is -2.47. The smallest absolute Gasteiger partial charge is 0.225 e. The molecule has 0 aromatic carbocycles. The van der Waals surface area contributed by atoms with Crippen LogP contribution in [-0.2, 0) is 0 Å². The van der Waals surface area contributed by atoms with Crippen molar-refractivity contribution in [1.82, 2.24) is 20.2 Å². The highest BCUT2D eigenvalue weighted by atomic mass is 15.3. The summed E-state index contributed by atoms with van der Waals surface area (Å²) >= 11 is 0. The second kappa shape index (κ2) is 9.68. The second-order valence-electron chi connectivity index (χ2n) is 5.69. The highest BCUT2D eigenvalue weighted by Crippen LogP contribution is 2.10. The first-order valence-electron chi connectivity index (χ1n) is 8.35. The molecule has 0 aliphatic carbocycles. The lowest BCUT2D eigenvalue weighted by molar-refractivity contribution is 0.251. The quantitative estimate of drug-likeness (QED) is 0.703. The molecule has 1 fully saturated rings. The fraction of sp³-hybridized carbons (Fsp3) is 0.750. The molecular weight excluding hydrogens is 262 g/mol. The van der Waals surface area contributed by atoms with E-state index in [1.54, 1.807) is 0 Å².